The van der Waals surface area contributed by atoms with Gasteiger partial charge in [0.25, 0.3) is 0 Å². The monoisotopic (exact) mass is 425 g/mol. The molecule has 0 radical (unpaired) electrons. The zero-order valence-corrected chi connectivity index (χ0v) is 18.3. The number of nitrogen functional groups attached to an aromatic ring is 1. The Labute approximate surface area is 178 Å². The number of rotatable bonds is 7. The predicted octanol–water partition coefficient (Wildman–Crippen LogP) is 4.69. The molecule has 4 rings (SSSR count). The SMILES string of the molecule is COCCn1c(SCc2cc(C)ccc2C)nnc1-c1sc2ncccc2c1N. The molecule has 0 aliphatic carbocycles. The number of nitrogens with two attached hydrogens (primary N) is 1. The molecule has 150 valence electrons. The number of methoxy groups -OCH3 is 1. The van der Waals surface area contributed by atoms with Gasteiger partial charge in [-0.15, -0.1) is 21.5 Å². The lowest BCUT2D eigenvalue weighted by Gasteiger charge is -2.10. The van der Waals surface area contributed by atoms with Gasteiger partial charge in [-0.25, -0.2) is 4.98 Å². The van der Waals surface area contributed by atoms with Gasteiger partial charge in [-0.3, -0.25) is 4.57 Å². The number of anilines is 1. The molecule has 0 bridgehead atoms. The molecule has 1 aromatic carbocycles. The van der Waals surface area contributed by atoms with E-state index in [1.54, 1.807) is 36.4 Å². The highest BCUT2D eigenvalue weighted by Gasteiger charge is 2.20. The zero-order valence-electron chi connectivity index (χ0n) is 16.7. The zero-order chi connectivity index (χ0) is 20.4. The van der Waals surface area contributed by atoms with E-state index in [1.807, 2.05) is 12.1 Å². The standard InChI is InChI=1S/C21H23N5OS2/c1-13-6-7-14(2)15(11-13)12-28-21-25-24-19(26(21)9-10-27-3)18-17(22)16-5-4-8-23-20(16)29-18/h4-8,11H,9-10,12,22H2,1-3H3. The molecule has 0 amide bonds. The van der Waals surface area contributed by atoms with Crippen molar-refractivity contribution in [2.45, 2.75) is 31.3 Å². The van der Waals surface area contributed by atoms with Gasteiger partial charge in [0.15, 0.2) is 11.0 Å². The van der Waals surface area contributed by atoms with Crippen LogP contribution in [0.5, 0.6) is 0 Å². The summed E-state index contributed by atoms with van der Waals surface area (Å²) in [7, 11) is 1.70. The Morgan fingerprint density at radius 3 is 2.86 bits per heavy atom. The molecule has 29 heavy (non-hydrogen) atoms. The van der Waals surface area contributed by atoms with E-state index in [4.69, 9.17) is 10.5 Å². The Balaban J connectivity index is 1.69. The van der Waals surface area contributed by atoms with E-state index in [9.17, 15) is 0 Å². The van der Waals surface area contributed by atoms with Crippen molar-refractivity contribution in [3.63, 3.8) is 0 Å². The lowest BCUT2D eigenvalue weighted by molar-refractivity contribution is 0.185. The lowest BCUT2D eigenvalue weighted by Crippen LogP contribution is -2.07. The van der Waals surface area contributed by atoms with E-state index >= 15 is 0 Å². The highest BCUT2D eigenvalue weighted by atomic mass is 32.2. The second-order valence-corrected chi connectivity index (χ2v) is 8.81. The topological polar surface area (TPSA) is 78.8 Å². The highest BCUT2D eigenvalue weighted by molar-refractivity contribution is 7.98. The van der Waals surface area contributed by atoms with Crippen LogP contribution in [0.2, 0.25) is 0 Å². The van der Waals surface area contributed by atoms with Gasteiger partial charge in [-0.05, 0) is 37.1 Å². The highest BCUT2D eigenvalue weighted by Crippen LogP contribution is 2.40. The largest absolute Gasteiger partial charge is 0.397 e. The van der Waals surface area contributed by atoms with Gasteiger partial charge in [-0.1, -0.05) is 35.5 Å². The summed E-state index contributed by atoms with van der Waals surface area (Å²) >= 11 is 3.23. The van der Waals surface area contributed by atoms with Gasteiger partial charge in [0.1, 0.15) is 4.83 Å². The number of hydrogen-bond donors (Lipinski definition) is 1. The van der Waals surface area contributed by atoms with E-state index in [2.05, 4.69) is 51.8 Å². The van der Waals surface area contributed by atoms with Crippen molar-refractivity contribution in [1.29, 1.82) is 0 Å². The summed E-state index contributed by atoms with van der Waals surface area (Å²) in [4.78, 5) is 6.24. The minimum atomic E-state index is 0.575. The Bertz CT molecular complexity index is 1150. The molecule has 4 aromatic rings. The molecular weight excluding hydrogens is 402 g/mol. The number of fused-ring (bicyclic) bond motifs is 1. The molecule has 0 unspecified atom stereocenters. The lowest BCUT2D eigenvalue weighted by atomic mass is 10.1. The van der Waals surface area contributed by atoms with Crippen LogP contribution in [0.15, 0.2) is 41.7 Å². The van der Waals surface area contributed by atoms with Crippen molar-refractivity contribution in [3.05, 3.63) is 53.2 Å². The summed E-state index contributed by atoms with van der Waals surface area (Å²) in [6.45, 7) is 5.49. The molecule has 8 heteroatoms. The van der Waals surface area contributed by atoms with Gasteiger partial charge in [-0.2, -0.15) is 0 Å². The molecule has 6 nitrogen and oxygen atoms in total. The molecule has 0 spiro atoms. The van der Waals surface area contributed by atoms with Crippen LogP contribution in [-0.2, 0) is 17.0 Å². The molecule has 0 aliphatic rings. The molecule has 0 aliphatic heterocycles. The number of thiophene rings is 1. The Morgan fingerprint density at radius 1 is 1.21 bits per heavy atom. The second kappa shape index (κ2) is 8.52. The molecule has 0 saturated heterocycles. The van der Waals surface area contributed by atoms with Crippen LogP contribution < -0.4 is 5.73 Å². The van der Waals surface area contributed by atoms with E-state index in [-0.39, 0.29) is 0 Å². The first kappa shape index (κ1) is 19.9. The van der Waals surface area contributed by atoms with E-state index in [0.717, 1.165) is 31.8 Å². The molecule has 0 atom stereocenters. The summed E-state index contributed by atoms with van der Waals surface area (Å²) in [5, 5.41) is 10.8. The van der Waals surface area contributed by atoms with Gasteiger partial charge >= 0.3 is 0 Å². The maximum Gasteiger partial charge on any atom is 0.191 e. The molecule has 3 heterocycles. The molecule has 2 N–H and O–H groups in total. The average Bonchev–Trinajstić information content (AvgIpc) is 3.27. The van der Waals surface area contributed by atoms with Crippen LogP contribution in [-0.4, -0.2) is 33.5 Å². The number of hydrogen-bond acceptors (Lipinski definition) is 7. The van der Waals surface area contributed by atoms with Crippen molar-refractivity contribution in [1.82, 2.24) is 19.7 Å². The van der Waals surface area contributed by atoms with Crippen molar-refractivity contribution < 1.29 is 4.74 Å². The van der Waals surface area contributed by atoms with Gasteiger partial charge < -0.3 is 10.5 Å². The van der Waals surface area contributed by atoms with Crippen LogP contribution >= 0.6 is 23.1 Å². The van der Waals surface area contributed by atoms with E-state index < -0.39 is 0 Å². The second-order valence-electron chi connectivity index (χ2n) is 6.87. The number of ether oxygens (including phenoxy) is 1. The smallest absolute Gasteiger partial charge is 0.191 e. The fraction of sp³-hybridized carbons (Fsp3) is 0.286. The maximum atomic E-state index is 6.43. The third-order valence-electron chi connectivity index (χ3n) is 4.81. The van der Waals surface area contributed by atoms with Crippen molar-refractivity contribution in [2.75, 3.05) is 19.5 Å². The van der Waals surface area contributed by atoms with Crippen molar-refractivity contribution in [2.24, 2.45) is 0 Å². The number of pyridine rings is 1. The van der Waals surface area contributed by atoms with E-state index in [0.29, 0.717) is 18.8 Å². The van der Waals surface area contributed by atoms with Crippen molar-refractivity contribution in [3.8, 4) is 10.7 Å². The quantitative estimate of drug-likeness (QED) is 0.433. The summed E-state index contributed by atoms with van der Waals surface area (Å²) in [5.41, 5.74) is 11.0. The third kappa shape index (κ3) is 4.01. The fourth-order valence-electron chi connectivity index (χ4n) is 3.16. The number of aryl methyl sites for hydroxylation is 2. The third-order valence-corrected chi connectivity index (χ3v) is 6.95. The minimum Gasteiger partial charge on any atom is -0.397 e. The first-order chi connectivity index (χ1) is 14.1. The van der Waals surface area contributed by atoms with Crippen LogP contribution in [0.3, 0.4) is 0 Å². The summed E-state index contributed by atoms with van der Waals surface area (Å²) in [5.74, 6) is 1.60. The van der Waals surface area contributed by atoms with Gasteiger partial charge in [0, 0.05) is 24.4 Å². The minimum absolute atomic E-state index is 0.575. The van der Waals surface area contributed by atoms with E-state index in [1.165, 1.54) is 16.7 Å². The molecular formula is C21H23N5OS2. The number of nitrogens with zero attached hydrogens (tertiary/aromatic N) is 4. The average molecular weight is 426 g/mol. The van der Waals surface area contributed by atoms with Crippen LogP contribution in [0, 0.1) is 13.8 Å². The molecule has 0 saturated carbocycles. The number of thioether (sulfide) groups is 1. The predicted molar refractivity (Wildman–Crippen MR) is 120 cm³/mol. The summed E-state index contributed by atoms with van der Waals surface area (Å²) < 4.78 is 7.42. The molecule has 3 aromatic heterocycles. The maximum absolute atomic E-state index is 6.43. The van der Waals surface area contributed by atoms with Crippen LogP contribution in [0.1, 0.15) is 16.7 Å². The normalized spacial score (nSPS) is 11.4. The molecule has 0 fully saturated rings. The number of benzene rings is 1. The summed E-state index contributed by atoms with van der Waals surface area (Å²) in [6, 6.07) is 10.4. The van der Waals surface area contributed by atoms with Crippen molar-refractivity contribution >= 4 is 39.0 Å². The van der Waals surface area contributed by atoms with Crippen LogP contribution in [0.25, 0.3) is 20.9 Å². The fourth-order valence-corrected chi connectivity index (χ4v) is 5.25. The first-order valence-electron chi connectivity index (χ1n) is 9.33. The van der Waals surface area contributed by atoms with Gasteiger partial charge in [0.05, 0.1) is 23.7 Å². The Hall–Kier alpha value is -2.42. The summed E-state index contributed by atoms with van der Waals surface area (Å²) in [6.07, 6.45) is 1.78. The first-order valence-corrected chi connectivity index (χ1v) is 11.1. The Kier molecular flexibility index (Phi) is 5.84. The number of aromatic nitrogens is 4. The van der Waals surface area contributed by atoms with Gasteiger partial charge in [0.2, 0.25) is 0 Å². The Morgan fingerprint density at radius 2 is 2.07 bits per heavy atom. The van der Waals surface area contributed by atoms with Crippen LogP contribution in [0.4, 0.5) is 5.69 Å².